The first-order valence-corrected chi connectivity index (χ1v) is 7.41. The lowest BCUT2D eigenvalue weighted by molar-refractivity contribution is -0.135. The molecule has 1 fully saturated rings. The number of carbonyl (C=O) groups is 1. The van der Waals surface area contributed by atoms with Gasteiger partial charge in [0.1, 0.15) is 6.54 Å². The van der Waals surface area contributed by atoms with E-state index in [4.69, 9.17) is 5.73 Å². The molecule has 2 N–H and O–H groups in total. The molecule has 5 nitrogen and oxygen atoms in total. The summed E-state index contributed by atoms with van der Waals surface area (Å²) in [5, 5.41) is 5.50. The molecule has 1 atom stereocenters. The molecular weight excluding hydrogens is 264 g/mol. The molecule has 0 radical (unpaired) electrons. The molecule has 3 rings (SSSR count). The number of carbonyl (C=O) groups excluding carboxylic acids is 1. The standard InChI is InChI=1S/C16H22N4O/c1-16(2)11-19(8-7-14(16)17)15(21)10-20-9-12-5-3-4-6-13(12)18-20/h3-6,9,14H,7-8,10-11,17H2,1-2H3. The number of hydrogen-bond donors (Lipinski definition) is 1. The van der Waals surface area contributed by atoms with Crippen LogP contribution in [0.2, 0.25) is 0 Å². The lowest BCUT2D eigenvalue weighted by atomic mass is 9.80. The minimum absolute atomic E-state index is 0.0251. The molecule has 21 heavy (non-hydrogen) atoms. The van der Waals surface area contributed by atoms with Crippen molar-refractivity contribution in [3.63, 3.8) is 0 Å². The summed E-state index contributed by atoms with van der Waals surface area (Å²) in [5.74, 6) is 0.114. The van der Waals surface area contributed by atoms with Crippen LogP contribution < -0.4 is 5.73 Å². The van der Waals surface area contributed by atoms with Gasteiger partial charge < -0.3 is 10.6 Å². The average molecular weight is 286 g/mol. The highest BCUT2D eigenvalue weighted by Gasteiger charge is 2.35. The van der Waals surface area contributed by atoms with Gasteiger partial charge in [-0.3, -0.25) is 9.48 Å². The molecule has 1 unspecified atom stereocenters. The second-order valence-electron chi connectivity index (χ2n) is 6.58. The SMILES string of the molecule is CC1(C)CN(C(=O)Cn2cc3ccccc3n2)CCC1N. The number of aromatic nitrogens is 2. The highest BCUT2D eigenvalue weighted by atomic mass is 16.2. The van der Waals surface area contributed by atoms with E-state index in [1.807, 2.05) is 35.4 Å². The zero-order valence-electron chi connectivity index (χ0n) is 12.6. The van der Waals surface area contributed by atoms with Gasteiger partial charge in [0, 0.05) is 30.7 Å². The van der Waals surface area contributed by atoms with Crippen LogP contribution in [-0.2, 0) is 11.3 Å². The van der Waals surface area contributed by atoms with Crippen molar-refractivity contribution in [1.82, 2.24) is 14.7 Å². The first kappa shape index (κ1) is 14.1. The maximum absolute atomic E-state index is 12.5. The molecule has 1 amide bonds. The van der Waals surface area contributed by atoms with Crippen molar-refractivity contribution in [2.45, 2.75) is 32.9 Å². The molecular formula is C16H22N4O. The highest BCUT2D eigenvalue weighted by molar-refractivity contribution is 5.80. The lowest BCUT2D eigenvalue weighted by Crippen LogP contribution is -2.54. The Hall–Kier alpha value is -1.88. The second-order valence-corrected chi connectivity index (χ2v) is 6.58. The topological polar surface area (TPSA) is 64.2 Å². The van der Waals surface area contributed by atoms with Crippen LogP contribution in [0.1, 0.15) is 20.3 Å². The smallest absolute Gasteiger partial charge is 0.244 e. The Labute approximate surface area is 124 Å². The molecule has 0 bridgehead atoms. The third-order valence-corrected chi connectivity index (χ3v) is 4.42. The molecule has 0 saturated carbocycles. The zero-order chi connectivity index (χ0) is 15.0. The van der Waals surface area contributed by atoms with Crippen LogP contribution in [0.5, 0.6) is 0 Å². The van der Waals surface area contributed by atoms with Crippen molar-refractivity contribution in [3.8, 4) is 0 Å². The summed E-state index contributed by atoms with van der Waals surface area (Å²) < 4.78 is 1.73. The number of fused-ring (bicyclic) bond motifs is 1. The molecule has 1 aromatic carbocycles. The van der Waals surface area contributed by atoms with Gasteiger partial charge in [-0.05, 0) is 17.9 Å². The number of rotatable bonds is 2. The number of piperidine rings is 1. The Morgan fingerprint density at radius 1 is 1.43 bits per heavy atom. The quantitative estimate of drug-likeness (QED) is 0.912. The van der Waals surface area contributed by atoms with E-state index in [1.165, 1.54) is 0 Å². The van der Waals surface area contributed by atoms with Crippen molar-refractivity contribution in [2.24, 2.45) is 11.1 Å². The number of amides is 1. The Morgan fingerprint density at radius 2 is 2.19 bits per heavy atom. The van der Waals surface area contributed by atoms with Gasteiger partial charge in [-0.15, -0.1) is 0 Å². The summed E-state index contributed by atoms with van der Waals surface area (Å²) in [6.07, 6.45) is 2.79. The Morgan fingerprint density at radius 3 is 2.90 bits per heavy atom. The van der Waals surface area contributed by atoms with Gasteiger partial charge >= 0.3 is 0 Å². The monoisotopic (exact) mass is 286 g/mol. The van der Waals surface area contributed by atoms with E-state index in [2.05, 4.69) is 18.9 Å². The molecule has 1 aliphatic heterocycles. The van der Waals surface area contributed by atoms with Gasteiger partial charge in [0.2, 0.25) is 5.91 Å². The second kappa shape index (κ2) is 5.15. The normalized spacial score (nSPS) is 21.7. The first-order chi connectivity index (χ1) is 9.95. The van der Waals surface area contributed by atoms with Crippen LogP contribution in [0, 0.1) is 5.41 Å². The number of nitrogens with zero attached hydrogens (tertiary/aromatic N) is 3. The van der Waals surface area contributed by atoms with Crippen LogP contribution in [0.3, 0.4) is 0 Å². The van der Waals surface area contributed by atoms with E-state index in [0.29, 0.717) is 13.1 Å². The van der Waals surface area contributed by atoms with Crippen LogP contribution in [0.25, 0.3) is 10.9 Å². The van der Waals surface area contributed by atoms with Crippen LogP contribution in [0.15, 0.2) is 30.5 Å². The summed E-state index contributed by atoms with van der Waals surface area (Å²) in [6.45, 7) is 6.00. The van der Waals surface area contributed by atoms with E-state index < -0.39 is 0 Å². The number of benzene rings is 1. The molecule has 0 aliphatic carbocycles. The van der Waals surface area contributed by atoms with Gasteiger partial charge in [0.15, 0.2) is 0 Å². The minimum atomic E-state index is -0.0251. The van der Waals surface area contributed by atoms with Crippen LogP contribution in [-0.4, -0.2) is 39.7 Å². The van der Waals surface area contributed by atoms with Crippen LogP contribution in [0.4, 0.5) is 0 Å². The molecule has 2 aromatic rings. The van der Waals surface area contributed by atoms with Gasteiger partial charge in [0.05, 0.1) is 5.52 Å². The van der Waals surface area contributed by atoms with Crippen molar-refractivity contribution >= 4 is 16.8 Å². The summed E-state index contributed by atoms with van der Waals surface area (Å²) in [7, 11) is 0. The van der Waals surface area contributed by atoms with Gasteiger partial charge in [0.25, 0.3) is 0 Å². The first-order valence-electron chi connectivity index (χ1n) is 7.41. The largest absolute Gasteiger partial charge is 0.340 e. The predicted molar refractivity (Wildman–Crippen MR) is 82.7 cm³/mol. The fourth-order valence-corrected chi connectivity index (χ4v) is 2.92. The van der Waals surface area contributed by atoms with Gasteiger partial charge in [-0.2, -0.15) is 5.10 Å². The van der Waals surface area contributed by atoms with Crippen molar-refractivity contribution in [1.29, 1.82) is 0 Å². The average Bonchev–Trinajstić information content (AvgIpc) is 2.83. The van der Waals surface area contributed by atoms with E-state index in [1.54, 1.807) is 4.68 Å². The molecule has 1 saturated heterocycles. The van der Waals surface area contributed by atoms with E-state index in [-0.39, 0.29) is 17.4 Å². The summed E-state index contributed by atoms with van der Waals surface area (Å²) in [5.41, 5.74) is 7.02. The van der Waals surface area contributed by atoms with Crippen molar-refractivity contribution in [3.05, 3.63) is 30.5 Å². The number of likely N-dealkylation sites (tertiary alicyclic amines) is 1. The van der Waals surface area contributed by atoms with Gasteiger partial charge in [-0.1, -0.05) is 32.0 Å². The highest BCUT2D eigenvalue weighted by Crippen LogP contribution is 2.27. The Bertz CT molecular complexity index is 628. The lowest BCUT2D eigenvalue weighted by Gasteiger charge is -2.42. The van der Waals surface area contributed by atoms with Crippen LogP contribution >= 0.6 is 0 Å². The molecule has 2 heterocycles. The third-order valence-electron chi connectivity index (χ3n) is 4.42. The fourth-order valence-electron chi connectivity index (χ4n) is 2.92. The van der Waals surface area contributed by atoms with E-state index in [9.17, 15) is 4.79 Å². The summed E-state index contributed by atoms with van der Waals surface area (Å²) >= 11 is 0. The fraction of sp³-hybridized carbons (Fsp3) is 0.500. The zero-order valence-corrected chi connectivity index (χ0v) is 12.6. The molecule has 112 valence electrons. The number of nitrogens with two attached hydrogens (primary N) is 1. The summed E-state index contributed by atoms with van der Waals surface area (Å²) in [6, 6.07) is 8.06. The maximum atomic E-state index is 12.5. The molecule has 1 aromatic heterocycles. The number of hydrogen-bond acceptors (Lipinski definition) is 3. The van der Waals surface area contributed by atoms with Crippen molar-refractivity contribution in [2.75, 3.05) is 13.1 Å². The van der Waals surface area contributed by atoms with E-state index >= 15 is 0 Å². The predicted octanol–water partition coefficient (Wildman–Crippen LogP) is 1.62. The third kappa shape index (κ3) is 2.78. The Balaban J connectivity index is 1.71. The van der Waals surface area contributed by atoms with Crippen molar-refractivity contribution < 1.29 is 4.79 Å². The Kier molecular flexibility index (Phi) is 3.45. The molecule has 1 aliphatic rings. The maximum Gasteiger partial charge on any atom is 0.244 e. The summed E-state index contributed by atoms with van der Waals surface area (Å²) in [4.78, 5) is 14.4. The van der Waals surface area contributed by atoms with E-state index in [0.717, 1.165) is 23.9 Å². The molecule has 0 spiro atoms. The van der Waals surface area contributed by atoms with Gasteiger partial charge in [-0.25, -0.2) is 0 Å². The minimum Gasteiger partial charge on any atom is -0.340 e. The molecule has 5 heteroatoms.